The maximum atomic E-state index is 6.00. The monoisotopic (exact) mass is 496 g/mol. The van der Waals surface area contributed by atoms with Crippen LogP contribution < -0.4 is 10.6 Å². The first-order chi connectivity index (χ1) is 13.2. The fourth-order valence-corrected chi connectivity index (χ4v) is 4.62. The van der Waals surface area contributed by atoms with E-state index in [0.29, 0.717) is 12.6 Å². The van der Waals surface area contributed by atoms with Gasteiger partial charge in [-0.1, -0.05) is 31.0 Å². The fraction of sp³-hybridized carbons (Fsp3) is 0.591. The number of hydrogen-bond acceptors (Lipinski definition) is 3. The molecule has 1 aromatic heterocycles. The van der Waals surface area contributed by atoms with Crippen LogP contribution >= 0.6 is 24.0 Å². The minimum atomic E-state index is 0. The Bertz CT molecular complexity index is 789. The van der Waals surface area contributed by atoms with Crippen molar-refractivity contribution in [3.05, 3.63) is 35.6 Å². The molecule has 0 bridgehead atoms. The van der Waals surface area contributed by atoms with E-state index in [4.69, 9.17) is 4.42 Å². The molecule has 2 heterocycles. The van der Waals surface area contributed by atoms with Crippen molar-refractivity contribution >= 4 is 40.9 Å². The number of nitrogens with one attached hydrogen (secondary N) is 2. The Morgan fingerprint density at radius 3 is 2.54 bits per heavy atom. The van der Waals surface area contributed by atoms with Crippen molar-refractivity contribution in [3.63, 3.8) is 0 Å². The Morgan fingerprint density at radius 1 is 1.14 bits per heavy atom. The normalized spacial score (nSPS) is 19.7. The molecule has 1 aliphatic heterocycles. The standard InChI is InChI=1S/C22H32N4O.HI/c1-16-19-9-5-6-10-20(19)27-21(16)15-24-22(23-2)25-17-11-13-26(14-12-17)18-7-3-4-8-18;/h5-6,9-10,17-18H,3-4,7-8,11-15H2,1-2H3,(H2,23,24,25);1H. The van der Waals surface area contributed by atoms with Crippen molar-refractivity contribution in [2.75, 3.05) is 20.1 Å². The number of halogens is 1. The number of piperidine rings is 1. The van der Waals surface area contributed by atoms with Gasteiger partial charge in [0.25, 0.3) is 0 Å². The molecule has 1 saturated heterocycles. The maximum absolute atomic E-state index is 6.00. The smallest absolute Gasteiger partial charge is 0.191 e. The summed E-state index contributed by atoms with van der Waals surface area (Å²) >= 11 is 0. The predicted molar refractivity (Wildman–Crippen MR) is 127 cm³/mol. The molecule has 2 N–H and O–H groups in total. The SMILES string of the molecule is CN=C(NCc1oc2ccccc2c1C)NC1CCN(C2CCCC2)CC1.I. The van der Waals surface area contributed by atoms with Gasteiger partial charge in [0.2, 0.25) is 0 Å². The summed E-state index contributed by atoms with van der Waals surface area (Å²) in [6.07, 6.45) is 8.03. The average molecular weight is 496 g/mol. The summed E-state index contributed by atoms with van der Waals surface area (Å²) in [6, 6.07) is 9.56. The largest absolute Gasteiger partial charge is 0.459 e. The number of nitrogens with zero attached hydrogens (tertiary/aromatic N) is 2. The van der Waals surface area contributed by atoms with E-state index in [1.807, 2.05) is 19.2 Å². The second-order valence-corrected chi connectivity index (χ2v) is 7.97. The van der Waals surface area contributed by atoms with Gasteiger partial charge in [0.15, 0.2) is 5.96 Å². The molecule has 2 aromatic rings. The molecule has 1 saturated carbocycles. The highest BCUT2D eigenvalue weighted by atomic mass is 127. The summed E-state index contributed by atoms with van der Waals surface area (Å²) in [6.45, 7) is 5.20. The number of guanidine groups is 1. The molecule has 5 nitrogen and oxygen atoms in total. The van der Waals surface area contributed by atoms with Gasteiger partial charge in [-0.3, -0.25) is 4.99 Å². The minimum absolute atomic E-state index is 0. The van der Waals surface area contributed by atoms with E-state index < -0.39 is 0 Å². The maximum Gasteiger partial charge on any atom is 0.191 e. The fourth-order valence-electron chi connectivity index (χ4n) is 4.62. The number of furan rings is 1. The van der Waals surface area contributed by atoms with Crippen molar-refractivity contribution in [2.45, 2.75) is 64.1 Å². The highest BCUT2D eigenvalue weighted by molar-refractivity contribution is 14.0. The van der Waals surface area contributed by atoms with Crippen LogP contribution in [0.1, 0.15) is 49.8 Å². The number of benzene rings is 1. The molecule has 6 heteroatoms. The van der Waals surface area contributed by atoms with Gasteiger partial charge in [0.05, 0.1) is 6.54 Å². The van der Waals surface area contributed by atoms with Crippen molar-refractivity contribution in [1.29, 1.82) is 0 Å². The molecule has 2 aliphatic rings. The van der Waals surface area contributed by atoms with E-state index in [-0.39, 0.29) is 24.0 Å². The van der Waals surface area contributed by atoms with Crippen LogP contribution in [0.4, 0.5) is 0 Å². The third-order valence-corrected chi connectivity index (χ3v) is 6.29. The molecule has 0 spiro atoms. The van der Waals surface area contributed by atoms with Crippen molar-refractivity contribution in [3.8, 4) is 0 Å². The molecule has 1 aliphatic carbocycles. The Hall–Kier alpha value is -1.28. The third kappa shape index (κ3) is 4.82. The molecule has 1 aromatic carbocycles. The summed E-state index contributed by atoms with van der Waals surface area (Å²) in [5.74, 6) is 1.85. The van der Waals surface area contributed by atoms with E-state index in [1.165, 1.54) is 62.6 Å². The zero-order chi connectivity index (χ0) is 18.6. The number of para-hydroxylation sites is 1. The average Bonchev–Trinajstić information content (AvgIpc) is 3.35. The van der Waals surface area contributed by atoms with Gasteiger partial charge in [-0.2, -0.15) is 0 Å². The Labute approximate surface area is 185 Å². The van der Waals surface area contributed by atoms with E-state index in [9.17, 15) is 0 Å². The van der Waals surface area contributed by atoms with Gasteiger partial charge >= 0.3 is 0 Å². The molecule has 28 heavy (non-hydrogen) atoms. The van der Waals surface area contributed by atoms with Crippen molar-refractivity contribution in [2.24, 2.45) is 4.99 Å². The molecule has 2 fully saturated rings. The first kappa shape index (κ1) is 21.4. The third-order valence-electron chi connectivity index (χ3n) is 6.29. The second kappa shape index (κ2) is 9.96. The lowest BCUT2D eigenvalue weighted by Gasteiger charge is -2.36. The molecule has 4 rings (SSSR count). The van der Waals surface area contributed by atoms with Crippen LogP contribution in [-0.4, -0.2) is 43.1 Å². The van der Waals surface area contributed by atoms with E-state index in [1.54, 1.807) is 0 Å². The Kier molecular flexibility index (Phi) is 7.62. The van der Waals surface area contributed by atoms with Crippen LogP contribution in [0.5, 0.6) is 0 Å². The molecular formula is C22H33IN4O. The van der Waals surface area contributed by atoms with Gasteiger partial charge in [0, 0.05) is 43.2 Å². The summed E-state index contributed by atoms with van der Waals surface area (Å²) in [5.41, 5.74) is 2.16. The van der Waals surface area contributed by atoms with Gasteiger partial charge in [0.1, 0.15) is 11.3 Å². The number of aryl methyl sites for hydroxylation is 1. The molecular weight excluding hydrogens is 463 g/mol. The van der Waals surface area contributed by atoms with E-state index >= 15 is 0 Å². The molecule has 154 valence electrons. The topological polar surface area (TPSA) is 52.8 Å². The highest BCUT2D eigenvalue weighted by Crippen LogP contribution is 2.26. The lowest BCUT2D eigenvalue weighted by molar-refractivity contribution is 0.150. The lowest BCUT2D eigenvalue weighted by atomic mass is 10.0. The number of hydrogen-bond donors (Lipinski definition) is 2. The first-order valence-electron chi connectivity index (χ1n) is 10.4. The minimum Gasteiger partial charge on any atom is -0.459 e. The van der Waals surface area contributed by atoms with Crippen molar-refractivity contribution in [1.82, 2.24) is 15.5 Å². The van der Waals surface area contributed by atoms with Gasteiger partial charge in [-0.15, -0.1) is 24.0 Å². The molecule has 0 amide bonds. The van der Waals surface area contributed by atoms with E-state index in [0.717, 1.165) is 23.3 Å². The van der Waals surface area contributed by atoms with Crippen LogP contribution in [0.25, 0.3) is 11.0 Å². The van der Waals surface area contributed by atoms with Gasteiger partial charge in [-0.05, 0) is 38.7 Å². The highest BCUT2D eigenvalue weighted by Gasteiger charge is 2.27. The first-order valence-corrected chi connectivity index (χ1v) is 10.4. The summed E-state index contributed by atoms with van der Waals surface area (Å²) in [4.78, 5) is 7.12. The summed E-state index contributed by atoms with van der Waals surface area (Å²) < 4.78 is 6.00. The van der Waals surface area contributed by atoms with E-state index in [2.05, 4.69) is 39.6 Å². The predicted octanol–water partition coefficient (Wildman–Crippen LogP) is 4.43. The van der Waals surface area contributed by atoms with Crippen LogP contribution in [0.3, 0.4) is 0 Å². The Balaban J connectivity index is 0.00000225. The van der Waals surface area contributed by atoms with Crippen LogP contribution in [0.2, 0.25) is 0 Å². The summed E-state index contributed by atoms with van der Waals surface area (Å²) in [7, 11) is 1.84. The molecule has 0 radical (unpaired) electrons. The second-order valence-electron chi connectivity index (χ2n) is 7.97. The molecule has 0 unspecified atom stereocenters. The Morgan fingerprint density at radius 2 is 1.86 bits per heavy atom. The van der Waals surface area contributed by atoms with Gasteiger partial charge < -0.3 is 20.0 Å². The van der Waals surface area contributed by atoms with Crippen LogP contribution in [0.15, 0.2) is 33.7 Å². The number of fused-ring (bicyclic) bond motifs is 1. The van der Waals surface area contributed by atoms with Crippen molar-refractivity contribution < 1.29 is 4.42 Å². The number of likely N-dealkylation sites (tertiary alicyclic amines) is 1. The molecule has 0 atom stereocenters. The zero-order valence-corrected chi connectivity index (χ0v) is 19.4. The van der Waals surface area contributed by atoms with Crippen LogP contribution in [-0.2, 0) is 6.54 Å². The van der Waals surface area contributed by atoms with Crippen LogP contribution in [0, 0.1) is 6.92 Å². The lowest BCUT2D eigenvalue weighted by Crippen LogP contribution is -2.50. The number of aliphatic imine (C=N–C) groups is 1. The summed E-state index contributed by atoms with van der Waals surface area (Å²) in [5, 5.41) is 8.23. The van der Waals surface area contributed by atoms with Gasteiger partial charge in [-0.25, -0.2) is 0 Å². The number of rotatable bonds is 4. The quantitative estimate of drug-likeness (QED) is 0.374. The zero-order valence-electron chi connectivity index (χ0n) is 17.0.